The van der Waals surface area contributed by atoms with Gasteiger partial charge in [-0.1, -0.05) is 12.1 Å². The van der Waals surface area contributed by atoms with Crippen molar-refractivity contribution in [2.45, 2.75) is 57.1 Å². The van der Waals surface area contributed by atoms with Crippen LogP contribution in [0.4, 0.5) is 11.4 Å². The summed E-state index contributed by atoms with van der Waals surface area (Å²) in [6, 6.07) is 8.10. The van der Waals surface area contributed by atoms with Crippen LogP contribution < -0.4 is 4.90 Å². The molecule has 2 aliphatic heterocycles. The Labute approximate surface area is 155 Å². The molecule has 2 heterocycles. The van der Waals surface area contributed by atoms with Crippen LogP contribution in [0, 0.1) is 12.0 Å². The zero-order valence-corrected chi connectivity index (χ0v) is 15.2. The number of amides is 1. The van der Waals surface area contributed by atoms with Crippen LogP contribution in [0.15, 0.2) is 24.3 Å². The molecule has 138 valence electrons. The Morgan fingerprint density at radius 3 is 2.23 bits per heavy atom. The Hall–Kier alpha value is -2.06. The molecule has 26 heavy (non-hydrogen) atoms. The first-order valence-electron chi connectivity index (χ1n) is 9.83. The average Bonchev–Trinajstić information content (AvgIpc) is 2.99. The van der Waals surface area contributed by atoms with Crippen LogP contribution in [0.25, 0.3) is 4.85 Å². The van der Waals surface area contributed by atoms with E-state index in [9.17, 15) is 9.90 Å². The highest BCUT2D eigenvalue weighted by molar-refractivity contribution is 5.85. The van der Waals surface area contributed by atoms with Crippen LogP contribution in [-0.2, 0) is 4.79 Å². The second-order valence-electron chi connectivity index (χ2n) is 8.11. The predicted octanol–water partition coefficient (Wildman–Crippen LogP) is 3.36. The van der Waals surface area contributed by atoms with Crippen LogP contribution >= 0.6 is 0 Å². The third-order valence-corrected chi connectivity index (χ3v) is 6.72. The maximum Gasteiger partial charge on any atom is 0.229 e. The summed E-state index contributed by atoms with van der Waals surface area (Å²) in [6.07, 6.45) is 6.20. The van der Waals surface area contributed by atoms with E-state index >= 15 is 0 Å². The number of hydrogen-bond acceptors (Lipinski definition) is 3. The highest BCUT2D eigenvalue weighted by atomic mass is 16.3. The smallest absolute Gasteiger partial charge is 0.229 e. The molecule has 1 amide bonds. The van der Waals surface area contributed by atoms with Gasteiger partial charge in [0.2, 0.25) is 5.91 Å². The minimum Gasteiger partial charge on any atom is -0.393 e. The van der Waals surface area contributed by atoms with E-state index in [4.69, 9.17) is 6.57 Å². The van der Waals surface area contributed by atoms with Crippen molar-refractivity contribution in [1.29, 1.82) is 0 Å². The number of hydrogen-bond donors (Lipinski definition) is 1. The van der Waals surface area contributed by atoms with Gasteiger partial charge in [0.25, 0.3) is 0 Å². The van der Waals surface area contributed by atoms with Gasteiger partial charge in [0.1, 0.15) is 0 Å². The molecule has 0 unspecified atom stereocenters. The Morgan fingerprint density at radius 1 is 1.00 bits per heavy atom. The first-order valence-corrected chi connectivity index (χ1v) is 9.83. The number of aliphatic hydroxyl groups excluding tert-OH is 1. The standard InChI is InChI=1S/C21H27N3O2/c1-22-16-2-4-17(5-3-16)23-13-10-21(11-14-23)12-15-24(20(21)26)18-6-8-19(25)9-7-18/h2-5,18-19,25H,6-15H2. The average molecular weight is 353 g/mol. The van der Waals surface area contributed by atoms with Gasteiger partial charge in [0.05, 0.1) is 18.1 Å². The fourth-order valence-corrected chi connectivity index (χ4v) is 4.96. The van der Waals surface area contributed by atoms with E-state index in [2.05, 4.69) is 14.6 Å². The van der Waals surface area contributed by atoms with Gasteiger partial charge in [0, 0.05) is 31.4 Å². The van der Waals surface area contributed by atoms with Crippen LogP contribution in [0.3, 0.4) is 0 Å². The second-order valence-corrected chi connectivity index (χ2v) is 8.11. The lowest BCUT2D eigenvalue weighted by Gasteiger charge is -2.40. The fourth-order valence-electron chi connectivity index (χ4n) is 4.96. The molecule has 0 atom stereocenters. The van der Waals surface area contributed by atoms with Gasteiger partial charge in [-0.05, 0) is 57.1 Å². The number of carbonyl (C=O) groups excluding carboxylic acids is 1. The Morgan fingerprint density at radius 2 is 1.62 bits per heavy atom. The summed E-state index contributed by atoms with van der Waals surface area (Å²) < 4.78 is 0. The van der Waals surface area contributed by atoms with Gasteiger partial charge in [-0.3, -0.25) is 4.79 Å². The van der Waals surface area contributed by atoms with E-state index in [-0.39, 0.29) is 11.5 Å². The van der Waals surface area contributed by atoms with Crippen LogP contribution in [0.1, 0.15) is 44.9 Å². The molecular formula is C21H27N3O2. The molecule has 1 aliphatic carbocycles. The van der Waals surface area contributed by atoms with Gasteiger partial charge in [0.15, 0.2) is 5.69 Å². The molecule has 0 bridgehead atoms. The van der Waals surface area contributed by atoms with Gasteiger partial charge < -0.3 is 14.9 Å². The first-order chi connectivity index (χ1) is 12.6. The molecule has 1 spiro atoms. The molecule has 0 radical (unpaired) electrons. The van der Waals surface area contributed by atoms with E-state index < -0.39 is 0 Å². The van der Waals surface area contributed by atoms with E-state index in [0.717, 1.165) is 70.3 Å². The molecular weight excluding hydrogens is 326 g/mol. The second kappa shape index (κ2) is 6.92. The van der Waals surface area contributed by atoms with Gasteiger partial charge in [-0.15, -0.1) is 0 Å². The molecule has 1 aromatic carbocycles. The van der Waals surface area contributed by atoms with E-state index in [1.54, 1.807) is 0 Å². The third kappa shape index (κ3) is 3.07. The first kappa shape index (κ1) is 17.4. The largest absolute Gasteiger partial charge is 0.393 e. The maximum absolute atomic E-state index is 13.2. The number of rotatable bonds is 2. The minimum absolute atomic E-state index is 0.164. The van der Waals surface area contributed by atoms with E-state index in [1.165, 1.54) is 0 Å². The van der Waals surface area contributed by atoms with Crippen LogP contribution in [-0.4, -0.2) is 47.7 Å². The molecule has 1 aromatic rings. The summed E-state index contributed by atoms with van der Waals surface area (Å²) in [7, 11) is 0. The number of benzene rings is 1. The summed E-state index contributed by atoms with van der Waals surface area (Å²) in [4.78, 5) is 21.1. The van der Waals surface area contributed by atoms with Crippen LogP contribution in [0.5, 0.6) is 0 Å². The predicted molar refractivity (Wildman–Crippen MR) is 101 cm³/mol. The van der Waals surface area contributed by atoms with Crippen molar-refractivity contribution in [2.24, 2.45) is 5.41 Å². The topological polar surface area (TPSA) is 48.1 Å². The zero-order valence-electron chi connectivity index (χ0n) is 15.2. The van der Waals surface area contributed by atoms with Gasteiger partial charge in [-0.2, -0.15) is 0 Å². The molecule has 2 saturated heterocycles. The monoisotopic (exact) mass is 353 g/mol. The number of piperidine rings is 1. The van der Waals surface area contributed by atoms with Crippen molar-refractivity contribution in [3.8, 4) is 0 Å². The summed E-state index contributed by atoms with van der Waals surface area (Å²) >= 11 is 0. The van der Waals surface area contributed by atoms with Gasteiger partial charge in [-0.25, -0.2) is 4.85 Å². The van der Waals surface area contributed by atoms with Gasteiger partial charge >= 0.3 is 0 Å². The number of nitrogens with zero attached hydrogens (tertiary/aromatic N) is 3. The van der Waals surface area contributed by atoms with Crippen molar-refractivity contribution >= 4 is 17.3 Å². The molecule has 3 fully saturated rings. The van der Waals surface area contributed by atoms with Crippen LogP contribution in [0.2, 0.25) is 0 Å². The normalized spacial score (nSPS) is 28.4. The van der Waals surface area contributed by atoms with Crippen molar-refractivity contribution in [1.82, 2.24) is 4.90 Å². The molecule has 4 rings (SSSR count). The quantitative estimate of drug-likeness (QED) is 0.830. The highest BCUT2D eigenvalue weighted by Gasteiger charge is 2.49. The van der Waals surface area contributed by atoms with E-state index in [0.29, 0.717) is 17.6 Å². The van der Waals surface area contributed by atoms with Crippen molar-refractivity contribution in [2.75, 3.05) is 24.5 Å². The summed E-state index contributed by atoms with van der Waals surface area (Å²) in [5, 5.41) is 9.72. The maximum atomic E-state index is 13.2. The molecule has 0 aromatic heterocycles. The lowest BCUT2D eigenvalue weighted by atomic mass is 9.77. The molecule has 3 aliphatic rings. The van der Waals surface area contributed by atoms with E-state index in [1.807, 2.05) is 24.3 Å². The Balaban J connectivity index is 1.39. The summed E-state index contributed by atoms with van der Waals surface area (Å²) in [5.74, 6) is 0.363. The SMILES string of the molecule is [C-]#[N+]c1ccc(N2CCC3(CC2)CCN(C2CCC(O)CC2)C3=O)cc1. The Kier molecular flexibility index (Phi) is 4.62. The fraction of sp³-hybridized carbons (Fsp3) is 0.619. The summed E-state index contributed by atoms with van der Waals surface area (Å²) in [6.45, 7) is 9.75. The number of likely N-dealkylation sites (tertiary alicyclic amines) is 1. The number of carbonyl (C=O) groups is 1. The molecule has 1 N–H and O–H groups in total. The van der Waals surface area contributed by atoms with Crippen molar-refractivity contribution in [3.05, 3.63) is 35.7 Å². The number of anilines is 1. The Bertz CT molecular complexity index is 693. The van der Waals surface area contributed by atoms with Crippen molar-refractivity contribution < 1.29 is 9.90 Å². The zero-order chi connectivity index (χ0) is 18.1. The molecule has 1 saturated carbocycles. The molecule has 5 heteroatoms. The molecule has 5 nitrogen and oxygen atoms in total. The minimum atomic E-state index is -0.171. The lowest BCUT2D eigenvalue weighted by Crippen LogP contribution is -2.47. The highest BCUT2D eigenvalue weighted by Crippen LogP contribution is 2.44. The lowest BCUT2D eigenvalue weighted by molar-refractivity contribution is -0.139. The van der Waals surface area contributed by atoms with Crippen molar-refractivity contribution in [3.63, 3.8) is 0 Å². The number of aliphatic hydroxyl groups is 1. The summed E-state index contributed by atoms with van der Waals surface area (Å²) in [5.41, 5.74) is 1.65. The third-order valence-electron chi connectivity index (χ3n) is 6.72.